The van der Waals surface area contributed by atoms with E-state index in [0.29, 0.717) is 24.7 Å². The molecule has 6 nitrogen and oxygen atoms in total. The average Bonchev–Trinajstić information content (AvgIpc) is 2.90. The zero-order valence-electron chi connectivity index (χ0n) is 19.3. The Morgan fingerprint density at radius 1 is 0.794 bits per heavy atom. The fourth-order valence-electron chi connectivity index (χ4n) is 4.94. The molecular weight excluding hydrogens is 446 g/mol. The van der Waals surface area contributed by atoms with E-state index >= 15 is 0 Å². The molecule has 5 rings (SSSR count). The van der Waals surface area contributed by atoms with Crippen LogP contribution >= 0.6 is 11.6 Å². The number of rotatable bonds is 5. The Bertz CT molecular complexity index is 1090. The normalized spacial score (nSPS) is 17.1. The third-order valence-corrected chi connectivity index (χ3v) is 7.25. The molecule has 0 saturated carbocycles. The van der Waals surface area contributed by atoms with E-state index < -0.39 is 0 Å². The highest BCUT2D eigenvalue weighted by atomic mass is 35.5. The van der Waals surface area contributed by atoms with Crippen LogP contribution in [0.25, 0.3) is 0 Å². The van der Waals surface area contributed by atoms with E-state index in [2.05, 4.69) is 50.3 Å². The first-order chi connectivity index (χ1) is 16.7. The number of piperidine rings is 1. The Morgan fingerprint density at radius 3 is 2.18 bits per heavy atom. The van der Waals surface area contributed by atoms with Gasteiger partial charge in [0.15, 0.2) is 11.5 Å². The van der Waals surface area contributed by atoms with Crippen molar-refractivity contribution < 1.29 is 4.79 Å². The first-order valence-electron chi connectivity index (χ1n) is 12.1. The van der Waals surface area contributed by atoms with Crippen molar-refractivity contribution in [2.75, 3.05) is 49.1 Å². The quantitative estimate of drug-likeness (QED) is 0.541. The Hall–Kier alpha value is -3.12. The summed E-state index contributed by atoms with van der Waals surface area (Å²) >= 11 is 6.33. The third-order valence-electron chi connectivity index (χ3n) is 6.94. The van der Waals surface area contributed by atoms with Crippen LogP contribution in [0, 0.1) is 5.92 Å². The van der Waals surface area contributed by atoms with Crippen LogP contribution in [0.15, 0.2) is 66.7 Å². The standard InChI is InChI=1S/C27H30ClN5O/c28-23-8-4-5-9-25(23)31-16-18-33(19-17-31)27(34)24-10-11-26(30-29-24)32-14-12-22(13-15-32)20-21-6-2-1-3-7-21/h1-11,22H,12-20H2. The summed E-state index contributed by atoms with van der Waals surface area (Å²) in [5.74, 6) is 1.51. The lowest BCUT2D eigenvalue weighted by Gasteiger charge is -2.36. The molecule has 34 heavy (non-hydrogen) atoms. The van der Waals surface area contributed by atoms with Crippen LogP contribution in [-0.4, -0.2) is 60.3 Å². The maximum atomic E-state index is 13.0. The molecule has 2 fully saturated rings. The van der Waals surface area contributed by atoms with Crippen LogP contribution in [0.4, 0.5) is 11.5 Å². The molecule has 0 bridgehead atoms. The number of benzene rings is 2. The zero-order valence-corrected chi connectivity index (χ0v) is 20.1. The van der Waals surface area contributed by atoms with Crippen molar-refractivity contribution in [3.63, 3.8) is 0 Å². The lowest BCUT2D eigenvalue weighted by Crippen LogP contribution is -2.49. The van der Waals surface area contributed by atoms with E-state index in [9.17, 15) is 4.79 Å². The second kappa shape index (κ2) is 10.4. The van der Waals surface area contributed by atoms with Crippen molar-refractivity contribution in [1.82, 2.24) is 15.1 Å². The van der Waals surface area contributed by atoms with Gasteiger partial charge in [0.05, 0.1) is 10.7 Å². The van der Waals surface area contributed by atoms with Gasteiger partial charge in [0.2, 0.25) is 0 Å². The summed E-state index contributed by atoms with van der Waals surface area (Å²) in [5, 5.41) is 9.43. The summed E-state index contributed by atoms with van der Waals surface area (Å²) in [4.78, 5) is 19.3. The van der Waals surface area contributed by atoms with Crippen LogP contribution in [0.3, 0.4) is 0 Å². The average molecular weight is 476 g/mol. The van der Waals surface area contributed by atoms with E-state index in [1.165, 1.54) is 5.56 Å². The van der Waals surface area contributed by atoms with Crippen molar-refractivity contribution in [2.24, 2.45) is 5.92 Å². The minimum absolute atomic E-state index is 0.0561. The molecule has 0 N–H and O–H groups in total. The first-order valence-corrected chi connectivity index (χ1v) is 12.5. The third kappa shape index (κ3) is 5.17. The number of aromatic nitrogens is 2. The lowest BCUT2D eigenvalue weighted by molar-refractivity contribution is 0.0739. The van der Waals surface area contributed by atoms with Crippen LogP contribution in [0.2, 0.25) is 5.02 Å². The van der Waals surface area contributed by atoms with Crippen molar-refractivity contribution in [3.05, 3.63) is 83.0 Å². The minimum atomic E-state index is -0.0561. The number of para-hydroxylation sites is 1. The van der Waals surface area contributed by atoms with Crippen molar-refractivity contribution >= 4 is 29.0 Å². The van der Waals surface area contributed by atoms with Crippen LogP contribution < -0.4 is 9.80 Å². The summed E-state index contributed by atoms with van der Waals surface area (Å²) in [7, 11) is 0. The second-order valence-corrected chi connectivity index (χ2v) is 9.53. The molecule has 3 heterocycles. The molecule has 2 aliphatic rings. The zero-order chi connectivity index (χ0) is 23.3. The highest BCUT2D eigenvalue weighted by Gasteiger charge is 2.25. The fraction of sp³-hybridized carbons (Fsp3) is 0.370. The summed E-state index contributed by atoms with van der Waals surface area (Å²) in [6.07, 6.45) is 3.43. The minimum Gasteiger partial charge on any atom is -0.367 e. The van der Waals surface area contributed by atoms with Crippen molar-refractivity contribution in [3.8, 4) is 0 Å². The topological polar surface area (TPSA) is 52.6 Å². The molecule has 3 aromatic rings. The van der Waals surface area contributed by atoms with Crippen LogP contribution in [-0.2, 0) is 6.42 Å². The summed E-state index contributed by atoms with van der Waals surface area (Å²) in [5.41, 5.74) is 2.85. The maximum absolute atomic E-state index is 13.0. The fourth-order valence-corrected chi connectivity index (χ4v) is 5.20. The number of carbonyl (C=O) groups is 1. The molecule has 2 saturated heterocycles. The summed E-state index contributed by atoms with van der Waals surface area (Å²) in [6.45, 7) is 4.73. The van der Waals surface area contributed by atoms with Gasteiger partial charge in [0.1, 0.15) is 0 Å². The number of nitrogens with zero attached hydrogens (tertiary/aromatic N) is 5. The number of hydrogen-bond donors (Lipinski definition) is 0. The molecule has 7 heteroatoms. The molecule has 0 spiro atoms. The monoisotopic (exact) mass is 475 g/mol. The molecule has 0 aliphatic carbocycles. The molecule has 0 unspecified atom stereocenters. The molecule has 176 valence electrons. The Labute approximate surface area is 206 Å². The highest BCUT2D eigenvalue weighted by Crippen LogP contribution is 2.27. The molecule has 2 aliphatic heterocycles. The van der Waals surface area contributed by atoms with E-state index in [1.807, 2.05) is 41.3 Å². The number of hydrogen-bond acceptors (Lipinski definition) is 5. The van der Waals surface area contributed by atoms with Gasteiger partial charge in [0.25, 0.3) is 5.91 Å². The van der Waals surface area contributed by atoms with Gasteiger partial charge in [-0.25, -0.2) is 0 Å². The second-order valence-electron chi connectivity index (χ2n) is 9.13. The van der Waals surface area contributed by atoms with Gasteiger partial charge in [-0.15, -0.1) is 10.2 Å². The summed E-state index contributed by atoms with van der Waals surface area (Å²) < 4.78 is 0. The largest absolute Gasteiger partial charge is 0.367 e. The highest BCUT2D eigenvalue weighted by molar-refractivity contribution is 6.33. The van der Waals surface area contributed by atoms with E-state index in [1.54, 1.807) is 0 Å². The molecule has 1 aromatic heterocycles. The van der Waals surface area contributed by atoms with Crippen molar-refractivity contribution in [2.45, 2.75) is 19.3 Å². The van der Waals surface area contributed by atoms with E-state index in [0.717, 1.165) is 62.0 Å². The predicted octanol–water partition coefficient (Wildman–Crippen LogP) is 4.55. The van der Waals surface area contributed by atoms with Gasteiger partial charge in [-0.3, -0.25) is 4.79 Å². The lowest BCUT2D eigenvalue weighted by atomic mass is 9.90. The maximum Gasteiger partial charge on any atom is 0.274 e. The predicted molar refractivity (Wildman–Crippen MR) is 137 cm³/mol. The molecular formula is C27H30ClN5O. The van der Waals surface area contributed by atoms with Gasteiger partial charge < -0.3 is 14.7 Å². The van der Waals surface area contributed by atoms with Gasteiger partial charge in [0, 0.05) is 39.3 Å². The van der Waals surface area contributed by atoms with E-state index in [-0.39, 0.29) is 5.91 Å². The number of anilines is 2. The molecule has 1 amide bonds. The molecule has 0 atom stereocenters. The first kappa shape index (κ1) is 22.7. The van der Waals surface area contributed by atoms with Gasteiger partial charge >= 0.3 is 0 Å². The van der Waals surface area contributed by atoms with Gasteiger partial charge in [-0.1, -0.05) is 54.1 Å². The van der Waals surface area contributed by atoms with Gasteiger partial charge in [-0.2, -0.15) is 0 Å². The van der Waals surface area contributed by atoms with E-state index in [4.69, 9.17) is 11.6 Å². The Balaban J connectivity index is 1.13. The number of amides is 1. The number of carbonyl (C=O) groups excluding carboxylic acids is 1. The number of piperazine rings is 1. The van der Waals surface area contributed by atoms with Crippen LogP contribution in [0.5, 0.6) is 0 Å². The Morgan fingerprint density at radius 2 is 1.50 bits per heavy atom. The molecule has 0 radical (unpaired) electrons. The molecule has 2 aromatic carbocycles. The van der Waals surface area contributed by atoms with Gasteiger partial charge in [-0.05, 0) is 55.0 Å². The number of halogens is 1. The van der Waals surface area contributed by atoms with Crippen LogP contribution in [0.1, 0.15) is 28.9 Å². The van der Waals surface area contributed by atoms with Crippen molar-refractivity contribution in [1.29, 1.82) is 0 Å². The smallest absolute Gasteiger partial charge is 0.274 e. The SMILES string of the molecule is O=C(c1ccc(N2CCC(Cc3ccccc3)CC2)nn1)N1CCN(c2ccccc2Cl)CC1. The Kier molecular flexibility index (Phi) is 6.95. The summed E-state index contributed by atoms with van der Waals surface area (Å²) in [6, 6.07) is 22.3.